The summed E-state index contributed by atoms with van der Waals surface area (Å²) in [6.45, 7) is 5.51. The van der Waals surface area contributed by atoms with Crippen molar-refractivity contribution in [3.63, 3.8) is 0 Å². The lowest BCUT2D eigenvalue weighted by Gasteiger charge is -2.34. The third-order valence-electron chi connectivity index (χ3n) is 7.41. The number of fused-ring (bicyclic) bond motifs is 1. The van der Waals surface area contributed by atoms with Crippen molar-refractivity contribution in [1.29, 1.82) is 0 Å². The van der Waals surface area contributed by atoms with Gasteiger partial charge < -0.3 is 14.7 Å². The highest BCUT2D eigenvalue weighted by Crippen LogP contribution is 2.38. The monoisotopic (exact) mass is 612 g/mol. The van der Waals surface area contributed by atoms with Crippen molar-refractivity contribution in [1.82, 2.24) is 28.8 Å². The number of morpholine rings is 1. The molecule has 0 radical (unpaired) electrons. The number of aromatic nitrogens is 4. The van der Waals surface area contributed by atoms with Gasteiger partial charge in [0, 0.05) is 58.7 Å². The number of pyridine rings is 1. The van der Waals surface area contributed by atoms with Crippen LogP contribution in [0.4, 0.5) is 29.6 Å². The molecule has 3 aromatic rings. The number of nitrogens with zero attached hydrogens (tertiary/aromatic N) is 8. The molecule has 2 aliphatic heterocycles. The van der Waals surface area contributed by atoms with Gasteiger partial charge in [0.05, 0.1) is 36.6 Å². The van der Waals surface area contributed by atoms with E-state index in [0.717, 1.165) is 18.8 Å². The van der Waals surface area contributed by atoms with Gasteiger partial charge in [0.1, 0.15) is 11.3 Å². The van der Waals surface area contributed by atoms with Gasteiger partial charge in [-0.2, -0.15) is 17.5 Å². The first-order valence-electron chi connectivity index (χ1n) is 13.2. The van der Waals surface area contributed by atoms with Crippen LogP contribution in [0.1, 0.15) is 18.1 Å². The molecular weight excluding hydrogens is 581 g/mol. The Kier molecular flexibility index (Phi) is 8.04. The van der Waals surface area contributed by atoms with Gasteiger partial charge in [-0.3, -0.25) is 9.80 Å². The third-order valence-corrected chi connectivity index (χ3v) is 8.72. The second-order valence-electron chi connectivity index (χ2n) is 10.4. The molecule has 5 heterocycles. The van der Waals surface area contributed by atoms with Gasteiger partial charge in [-0.05, 0) is 24.6 Å². The summed E-state index contributed by atoms with van der Waals surface area (Å²) in [5.41, 5.74) is -0.0664. The Bertz CT molecular complexity index is 1590. The largest absolute Gasteiger partial charge is 0.465 e. The molecule has 2 saturated heterocycles. The van der Waals surface area contributed by atoms with Crippen LogP contribution in [0, 0.1) is 0 Å². The normalized spacial score (nSPS) is 19.4. The first kappa shape index (κ1) is 29.9. The molecule has 2 fully saturated rings. The summed E-state index contributed by atoms with van der Waals surface area (Å²) >= 11 is 0. The summed E-state index contributed by atoms with van der Waals surface area (Å²) in [6, 6.07) is 2.45. The Hall–Kier alpha value is -3.54. The number of anilines is 2. The molecule has 0 spiro atoms. The Morgan fingerprint density at radius 3 is 2.52 bits per heavy atom. The van der Waals surface area contributed by atoms with Crippen LogP contribution in [0.25, 0.3) is 16.9 Å². The van der Waals surface area contributed by atoms with Gasteiger partial charge in [-0.15, -0.1) is 5.10 Å². The van der Waals surface area contributed by atoms with E-state index in [2.05, 4.69) is 20.0 Å². The van der Waals surface area contributed by atoms with Gasteiger partial charge in [-0.25, -0.2) is 27.7 Å². The number of carbonyl (C=O) groups is 1. The fourth-order valence-electron chi connectivity index (χ4n) is 5.11. The Morgan fingerprint density at radius 2 is 1.90 bits per heavy atom. The summed E-state index contributed by atoms with van der Waals surface area (Å²) in [5, 5.41) is 13.7. The van der Waals surface area contributed by atoms with Gasteiger partial charge in [0.25, 0.3) is 0 Å². The van der Waals surface area contributed by atoms with E-state index in [9.17, 15) is 31.5 Å². The molecule has 1 N–H and O–H groups in total. The van der Waals surface area contributed by atoms with Crippen LogP contribution < -0.4 is 9.80 Å². The quantitative estimate of drug-likeness (QED) is 0.441. The van der Waals surface area contributed by atoms with E-state index < -0.39 is 27.9 Å². The van der Waals surface area contributed by atoms with Crippen molar-refractivity contribution < 1.29 is 36.2 Å². The average molecular weight is 613 g/mol. The summed E-state index contributed by atoms with van der Waals surface area (Å²) in [6.07, 6.45) is -2.44. The highest BCUT2D eigenvalue weighted by molar-refractivity contribution is 7.88. The first-order chi connectivity index (χ1) is 19.7. The zero-order valence-corrected chi connectivity index (χ0v) is 24.1. The molecule has 1 unspecified atom stereocenters. The molecule has 0 aromatic carbocycles. The predicted molar refractivity (Wildman–Crippen MR) is 147 cm³/mol. The first-order valence-corrected chi connectivity index (χ1v) is 15.0. The van der Waals surface area contributed by atoms with Gasteiger partial charge >= 0.3 is 12.3 Å². The second-order valence-corrected chi connectivity index (χ2v) is 12.4. The minimum atomic E-state index is -4.84. The van der Waals surface area contributed by atoms with Crippen molar-refractivity contribution in [3.05, 3.63) is 35.7 Å². The maximum atomic E-state index is 14.2. The molecule has 42 heavy (non-hydrogen) atoms. The molecule has 228 valence electrons. The van der Waals surface area contributed by atoms with Crippen molar-refractivity contribution in [2.45, 2.75) is 25.7 Å². The highest BCUT2D eigenvalue weighted by atomic mass is 32.2. The minimum Gasteiger partial charge on any atom is -0.465 e. The van der Waals surface area contributed by atoms with Crippen LogP contribution >= 0.6 is 0 Å². The summed E-state index contributed by atoms with van der Waals surface area (Å²) < 4.78 is 75.0. The summed E-state index contributed by atoms with van der Waals surface area (Å²) in [4.78, 5) is 24.6. The fraction of sp³-hybridized carbons (Fsp3) is 0.520. The molecule has 17 heteroatoms. The predicted octanol–water partition coefficient (Wildman–Crippen LogP) is 2.23. The van der Waals surface area contributed by atoms with Crippen LogP contribution in [0.5, 0.6) is 0 Å². The molecule has 0 saturated carbocycles. The number of carboxylic acid groups (broad SMARTS) is 1. The van der Waals surface area contributed by atoms with Crippen molar-refractivity contribution >= 4 is 33.3 Å². The molecule has 0 bridgehead atoms. The van der Waals surface area contributed by atoms with E-state index in [0.29, 0.717) is 74.8 Å². The molecular formula is C25H31F3N8O5S. The SMILES string of the molecule is CC1COCCN1c1nc(-c2cnc(N(C)C(=O)O)cc2C(F)(F)F)nn2cc(CN3CCN(S(C)(=O)=O)CC3)cc12. The average Bonchev–Trinajstić information content (AvgIpc) is 3.33. The lowest BCUT2D eigenvalue weighted by molar-refractivity contribution is -0.137. The van der Waals surface area contributed by atoms with Crippen LogP contribution in [0.2, 0.25) is 0 Å². The number of rotatable bonds is 6. The second kappa shape index (κ2) is 11.3. The van der Waals surface area contributed by atoms with Crippen LogP contribution in [-0.2, 0) is 27.5 Å². The van der Waals surface area contributed by atoms with Crippen molar-refractivity contribution in [2.24, 2.45) is 0 Å². The topological polar surface area (TPSA) is 137 Å². The molecule has 3 aromatic heterocycles. The van der Waals surface area contributed by atoms with Crippen LogP contribution in [-0.4, -0.2) is 114 Å². The number of sulfonamides is 1. The van der Waals surface area contributed by atoms with Gasteiger partial charge in [0.2, 0.25) is 10.0 Å². The smallest absolute Gasteiger partial charge is 0.417 e. The Balaban J connectivity index is 1.57. The number of piperazine rings is 1. The lowest BCUT2D eigenvalue weighted by Crippen LogP contribution is -2.47. The lowest BCUT2D eigenvalue weighted by atomic mass is 10.1. The van der Waals surface area contributed by atoms with E-state index in [-0.39, 0.29) is 23.2 Å². The molecule has 1 amide bonds. The van der Waals surface area contributed by atoms with Gasteiger partial charge in [0.15, 0.2) is 11.6 Å². The summed E-state index contributed by atoms with van der Waals surface area (Å²) in [5.74, 6) is -0.172. The maximum Gasteiger partial charge on any atom is 0.417 e. The minimum absolute atomic E-state index is 0.112. The zero-order valence-electron chi connectivity index (χ0n) is 23.2. The Morgan fingerprint density at radius 1 is 1.19 bits per heavy atom. The van der Waals surface area contributed by atoms with E-state index in [1.165, 1.54) is 15.1 Å². The molecule has 1 atom stereocenters. The van der Waals surface area contributed by atoms with Gasteiger partial charge in [-0.1, -0.05) is 0 Å². The maximum absolute atomic E-state index is 14.2. The van der Waals surface area contributed by atoms with E-state index in [1.54, 1.807) is 6.20 Å². The molecule has 0 aliphatic carbocycles. The van der Waals surface area contributed by atoms with E-state index in [4.69, 9.17) is 4.74 Å². The van der Waals surface area contributed by atoms with Crippen molar-refractivity contribution in [2.75, 3.05) is 69.0 Å². The van der Waals surface area contributed by atoms with Crippen molar-refractivity contribution in [3.8, 4) is 11.4 Å². The number of amides is 1. The fourth-order valence-corrected chi connectivity index (χ4v) is 5.93. The van der Waals surface area contributed by atoms with E-state index in [1.807, 2.05) is 17.9 Å². The Labute approximate surface area is 240 Å². The molecule has 5 rings (SSSR count). The number of hydrogen-bond acceptors (Lipinski definition) is 9. The molecule has 2 aliphatic rings. The standard InChI is InChI=1S/C25H31F3N8O5S/c1-16-15-41-9-8-35(16)23-20-10-17(13-33-4-6-34(7-5-33)42(3,39)40)14-36(20)31-22(30-23)18-12-29-21(32(2)24(37)38)11-19(18)25(26,27)28/h10-12,14,16H,4-9,13,15H2,1-3H3,(H,37,38). The molecule has 13 nitrogen and oxygen atoms in total. The zero-order chi connectivity index (χ0) is 30.4. The number of halogens is 3. The van der Waals surface area contributed by atoms with E-state index >= 15 is 0 Å². The highest BCUT2D eigenvalue weighted by Gasteiger charge is 2.37. The third kappa shape index (κ3) is 6.13. The number of alkyl halides is 3. The van der Waals surface area contributed by atoms with Crippen LogP contribution in [0.3, 0.4) is 0 Å². The summed E-state index contributed by atoms with van der Waals surface area (Å²) in [7, 11) is -2.17. The number of ether oxygens (including phenoxy) is 1. The number of hydrogen-bond donors (Lipinski definition) is 1. The van der Waals surface area contributed by atoms with Crippen LogP contribution in [0.15, 0.2) is 24.5 Å².